The van der Waals surface area contributed by atoms with Gasteiger partial charge in [-0.1, -0.05) is 13.3 Å². The first kappa shape index (κ1) is 20.1. The number of nitrogens with one attached hydrogen (secondary N) is 2. The Kier molecular flexibility index (Phi) is 8.40. The van der Waals surface area contributed by atoms with E-state index >= 15 is 0 Å². The number of urea groups is 1. The van der Waals surface area contributed by atoms with Gasteiger partial charge in [0.2, 0.25) is 5.91 Å². The zero-order valence-electron chi connectivity index (χ0n) is 13.8. The number of hydrogen-bond donors (Lipinski definition) is 2. The lowest BCUT2D eigenvalue weighted by Crippen LogP contribution is -2.53. The van der Waals surface area contributed by atoms with Gasteiger partial charge in [-0.25, -0.2) is 13.6 Å². The second kappa shape index (κ2) is 10.0. The Bertz CT molecular complexity index is 460. The number of hydrogen-bond acceptors (Lipinski definition) is 4. The van der Waals surface area contributed by atoms with Gasteiger partial charge in [0.05, 0.1) is 12.7 Å². The molecule has 1 fully saturated rings. The van der Waals surface area contributed by atoms with Crippen LogP contribution < -0.4 is 10.6 Å². The predicted octanol–water partition coefficient (Wildman–Crippen LogP) is 1.25. The summed E-state index contributed by atoms with van der Waals surface area (Å²) in [5.41, 5.74) is 0. The lowest BCUT2D eigenvalue weighted by molar-refractivity contribution is -0.125. The number of halogens is 2. The summed E-state index contributed by atoms with van der Waals surface area (Å²) in [5, 5.41) is 13.1. The number of alkyl halides is 2. The Hall–Kier alpha value is -1.95. The minimum absolute atomic E-state index is 0.261. The molecule has 24 heavy (non-hydrogen) atoms. The van der Waals surface area contributed by atoms with E-state index in [1.54, 1.807) is 13.0 Å². The number of amides is 3. The molecule has 0 unspecified atom stereocenters. The van der Waals surface area contributed by atoms with Gasteiger partial charge in [-0.05, 0) is 6.42 Å². The number of carbonyl (C=O) groups is 2. The highest BCUT2D eigenvalue weighted by Crippen LogP contribution is 2.26. The molecule has 0 aromatic heterocycles. The van der Waals surface area contributed by atoms with Crippen molar-refractivity contribution in [3.63, 3.8) is 0 Å². The average Bonchev–Trinajstić information content (AvgIpc) is 2.80. The largest absolute Gasteiger partial charge is 0.380 e. The highest BCUT2D eigenvalue weighted by Gasteiger charge is 2.36. The molecular weight excluding hydrogens is 322 g/mol. The third kappa shape index (κ3) is 7.08. The molecule has 0 bridgehead atoms. The molecule has 7 nitrogen and oxygen atoms in total. The molecular formula is C15H24F2N4O3. The van der Waals surface area contributed by atoms with Crippen molar-refractivity contribution < 1.29 is 23.1 Å². The fourth-order valence-electron chi connectivity index (χ4n) is 2.42. The molecule has 1 atom stereocenters. The molecule has 1 heterocycles. The predicted molar refractivity (Wildman–Crippen MR) is 82.4 cm³/mol. The summed E-state index contributed by atoms with van der Waals surface area (Å²) in [6.07, 6.45) is -0.266. The van der Waals surface area contributed by atoms with E-state index in [4.69, 9.17) is 10.00 Å². The van der Waals surface area contributed by atoms with Crippen molar-refractivity contribution in [2.75, 3.05) is 32.8 Å². The van der Waals surface area contributed by atoms with Crippen molar-refractivity contribution in [2.45, 2.75) is 44.6 Å². The van der Waals surface area contributed by atoms with Crippen LogP contribution in [0.2, 0.25) is 0 Å². The Labute approximate surface area is 140 Å². The summed E-state index contributed by atoms with van der Waals surface area (Å²) < 4.78 is 33.0. The second-order valence-corrected chi connectivity index (χ2v) is 5.64. The van der Waals surface area contributed by atoms with Crippen molar-refractivity contribution in [1.29, 1.82) is 5.26 Å². The van der Waals surface area contributed by atoms with Crippen LogP contribution in [0, 0.1) is 11.3 Å². The molecule has 9 heteroatoms. The van der Waals surface area contributed by atoms with Crippen LogP contribution >= 0.6 is 0 Å². The number of ether oxygens (including phenoxy) is 1. The van der Waals surface area contributed by atoms with Gasteiger partial charge in [0.15, 0.2) is 0 Å². The molecule has 0 spiro atoms. The normalized spacial score (nSPS) is 16.7. The van der Waals surface area contributed by atoms with Gasteiger partial charge in [0.1, 0.15) is 12.6 Å². The summed E-state index contributed by atoms with van der Waals surface area (Å²) in [6, 6.07) is -0.264. The Balaban J connectivity index is 2.73. The Morgan fingerprint density at radius 3 is 2.79 bits per heavy atom. The number of nitriles is 1. The minimum Gasteiger partial charge on any atom is -0.380 e. The van der Waals surface area contributed by atoms with Crippen LogP contribution in [0.1, 0.15) is 32.6 Å². The minimum atomic E-state index is -3.07. The van der Waals surface area contributed by atoms with E-state index in [2.05, 4.69) is 10.6 Å². The quantitative estimate of drug-likeness (QED) is 0.679. The smallest absolute Gasteiger partial charge is 0.318 e. The second-order valence-electron chi connectivity index (χ2n) is 5.64. The molecule has 1 saturated heterocycles. The van der Waals surface area contributed by atoms with Crippen LogP contribution in [0.4, 0.5) is 13.6 Å². The number of nitrogens with zero attached hydrogens (tertiary/aromatic N) is 2. The van der Waals surface area contributed by atoms with Gasteiger partial charge in [0, 0.05) is 32.5 Å². The summed E-state index contributed by atoms with van der Waals surface area (Å²) in [4.78, 5) is 25.7. The maximum Gasteiger partial charge on any atom is 0.318 e. The van der Waals surface area contributed by atoms with Crippen molar-refractivity contribution in [2.24, 2.45) is 0 Å². The molecule has 0 aromatic rings. The van der Waals surface area contributed by atoms with E-state index in [-0.39, 0.29) is 19.4 Å². The first-order chi connectivity index (χ1) is 11.4. The standard InChI is InChI=1S/C15H24F2N4O3/c1-2-4-15(16,17)11-12(13(22)19-6-5-18)20-14(23)21-7-3-9-24-10-8-21/h12H,2-4,6-11H2,1H3,(H,19,22)(H,20,23)/t12-/m0/s1. The van der Waals surface area contributed by atoms with Crippen LogP contribution in [0.5, 0.6) is 0 Å². The van der Waals surface area contributed by atoms with Crippen LogP contribution in [-0.4, -0.2) is 61.7 Å². The van der Waals surface area contributed by atoms with Crippen LogP contribution in [0.25, 0.3) is 0 Å². The summed E-state index contributed by atoms with van der Waals surface area (Å²) in [5.74, 6) is -3.86. The third-order valence-electron chi connectivity index (χ3n) is 3.58. The van der Waals surface area contributed by atoms with Gasteiger partial charge < -0.3 is 20.3 Å². The maximum atomic E-state index is 13.9. The van der Waals surface area contributed by atoms with Gasteiger partial charge in [-0.3, -0.25) is 4.79 Å². The van der Waals surface area contributed by atoms with Crippen molar-refractivity contribution in [3.05, 3.63) is 0 Å². The molecule has 0 radical (unpaired) electrons. The van der Waals surface area contributed by atoms with Gasteiger partial charge in [-0.15, -0.1) is 0 Å². The topological polar surface area (TPSA) is 94.5 Å². The Morgan fingerprint density at radius 2 is 2.12 bits per heavy atom. The molecule has 0 saturated carbocycles. The van der Waals surface area contributed by atoms with Crippen LogP contribution in [0.15, 0.2) is 0 Å². The Morgan fingerprint density at radius 1 is 1.38 bits per heavy atom. The summed E-state index contributed by atoms with van der Waals surface area (Å²) in [7, 11) is 0. The van der Waals surface area contributed by atoms with Crippen molar-refractivity contribution in [3.8, 4) is 6.07 Å². The van der Waals surface area contributed by atoms with Crippen LogP contribution in [0.3, 0.4) is 0 Å². The van der Waals surface area contributed by atoms with Gasteiger partial charge in [0.25, 0.3) is 5.92 Å². The van der Waals surface area contributed by atoms with Crippen molar-refractivity contribution >= 4 is 11.9 Å². The first-order valence-electron chi connectivity index (χ1n) is 8.05. The van der Waals surface area contributed by atoms with E-state index < -0.39 is 30.3 Å². The van der Waals surface area contributed by atoms with Gasteiger partial charge >= 0.3 is 6.03 Å². The van der Waals surface area contributed by atoms with E-state index in [0.29, 0.717) is 32.7 Å². The SMILES string of the molecule is CCCC(F)(F)C[C@H](NC(=O)N1CCCOCC1)C(=O)NCC#N. The fourth-order valence-corrected chi connectivity index (χ4v) is 2.42. The van der Waals surface area contributed by atoms with E-state index in [9.17, 15) is 18.4 Å². The highest BCUT2D eigenvalue weighted by molar-refractivity contribution is 5.87. The lowest BCUT2D eigenvalue weighted by atomic mass is 10.0. The van der Waals surface area contributed by atoms with E-state index in [1.165, 1.54) is 4.90 Å². The molecule has 0 aromatic carbocycles. The fraction of sp³-hybridized carbons (Fsp3) is 0.800. The van der Waals surface area contributed by atoms with Gasteiger partial charge in [-0.2, -0.15) is 5.26 Å². The molecule has 2 N–H and O–H groups in total. The molecule has 1 aliphatic rings. The van der Waals surface area contributed by atoms with E-state index in [1.807, 2.05) is 0 Å². The van der Waals surface area contributed by atoms with Crippen molar-refractivity contribution in [1.82, 2.24) is 15.5 Å². The third-order valence-corrected chi connectivity index (χ3v) is 3.58. The average molecular weight is 346 g/mol. The summed E-state index contributed by atoms with van der Waals surface area (Å²) >= 11 is 0. The molecule has 1 aliphatic heterocycles. The number of rotatable bonds is 7. The van der Waals surface area contributed by atoms with E-state index in [0.717, 1.165) is 0 Å². The summed E-state index contributed by atoms with van der Waals surface area (Å²) in [6.45, 7) is 2.99. The number of carbonyl (C=O) groups excluding carboxylic acids is 2. The molecule has 0 aliphatic carbocycles. The zero-order chi connectivity index (χ0) is 18.0. The lowest BCUT2D eigenvalue weighted by Gasteiger charge is -2.27. The molecule has 136 valence electrons. The zero-order valence-corrected chi connectivity index (χ0v) is 13.8. The van der Waals surface area contributed by atoms with Crippen LogP contribution in [-0.2, 0) is 9.53 Å². The first-order valence-corrected chi connectivity index (χ1v) is 8.05. The molecule has 1 rings (SSSR count). The maximum absolute atomic E-state index is 13.9. The molecule has 3 amide bonds. The monoisotopic (exact) mass is 346 g/mol. The highest BCUT2D eigenvalue weighted by atomic mass is 19.3.